The maximum Gasteiger partial charge on any atom is 0.203 e. The van der Waals surface area contributed by atoms with Crippen LogP contribution in [0.25, 0.3) is 16.3 Å². The first-order chi connectivity index (χ1) is 9.16. The molecule has 3 rings (SSSR count). The number of aromatic nitrogens is 4. The Morgan fingerprint density at radius 3 is 2.74 bits per heavy atom. The molecule has 2 heterocycles. The molecule has 0 saturated carbocycles. The molecule has 0 radical (unpaired) electrons. The van der Waals surface area contributed by atoms with Crippen LogP contribution in [0, 0.1) is 6.92 Å². The van der Waals surface area contributed by atoms with E-state index >= 15 is 0 Å². The quantitative estimate of drug-likeness (QED) is 0.788. The van der Waals surface area contributed by atoms with Gasteiger partial charge in [0.1, 0.15) is 0 Å². The van der Waals surface area contributed by atoms with Gasteiger partial charge in [-0.2, -0.15) is 5.10 Å². The number of para-hydroxylation sites is 1. The highest BCUT2D eigenvalue weighted by molar-refractivity contribution is 7.18. The van der Waals surface area contributed by atoms with Crippen molar-refractivity contribution in [2.45, 2.75) is 6.92 Å². The van der Waals surface area contributed by atoms with Gasteiger partial charge in [0.25, 0.3) is 0 Å². The van der Waals surface area contributed by atoms with Crippen molar-refractivity contribution < 1.29 is 0 Å². The van der Waals surface area contributed by atoms with E-state index in [4.69, 9.17) is 17.3 Å². The Balaban J connectivity index is 2.12. The third-order valence-corrected chi connectivity index (χ3v) is 3.87. The lowest BCUT2D eigenvalue weighted by atomic mass is 10.2. The number of nitrogens with zero attached hydrogens (tertiary/aromatic N) is 4. The fourth-order valence-electron chi connectivity index (χ4n) is 1.83. The smallest absolute Gasteiger partial charge is 0.203 e. The second kappa shape index (κ2) is 4.64. The summed E-state index contributed by atoms with van der Waals surface area (Å²) in [6, 6.07) is 7.56. The number of benzene rings is 1. The molecule has 0 bridgehead atoms. The molecule has 0 aliphatic carbocycles. The summed E-state index contributed by atoms with van der Waals surface area (Å²) in [7, 11) is 0. The summed E-state index contributed by atoms with van der Waals surface area (Å²) in [5, 5.41) is 14.1. The summed E-state index contributed by atoms with van der Waals surface area (Å²) in [6.07, 6.45) is 1.75. The third-order valence-electron chi connectivity index (χ3n) is 2.76. The molecule has 0 spiro atoms. The number of rotatable bonds is 2. The molecule has 96 valence electrons. The van der Waals surface area contributed by atoms with Gasteiger partial charge in [0.2, 0.25) is 5.13 Å². The number of hydrogen-bond donors (Lipinski definition) is 1. The molecule has 0 fully saturated rings. The van der Waals surface area contributed by atoms with Crippen molar-refractivity contribution >= 4 is 28.1 Å². The summed E-state index contributed by atoms with van der Waals surface area (Å²) >= 11 is 7.52. The Hall–Kier alpha value is -1.92. The average Bonchev–Trinajstić information content (AvgIpc) is 2.97. The Bertz CT molecular complexity index is 733. The van der Waals surface area contributed by atoms with Crippen LogP contribution in [0.3, 0.4) is 0 Å². The first-order valence-electron chi connectivity index (χ1n) is 5.55. The van der Waals surface area contributed by atoms with Gasteiger partial charge in [-0.3, -0.25) is 0 Å². The second-order valence-electron chi connectivity index (χ2n) is 3.95. The van der Waals surface area contributed by atoms with Crippen LogP contribution in [-0.2, 0) is 0 Å². The summed E-state index contributed by atoms with van der Waals surface area (Å²) < 4.78 is 1.79. The van der Waals surface area contributed by atoms with Crippen LogP contribution in [0.5, 0.6) is 0 Å². The van der Waals surface area contributed by atoms with E-state index < -0.39 is 0 Å². The lowest BCUT2D eigenvalue weighted by Crippen LogP contribution is -1.99. The van der Waals surface area contributed by atoms with Crippen LogP contribution in [0.15, 0.2) is 30.5 Å². The highest BCUT2D eigenvalue weighted by Crippen LogP contribution is 2.30. The Morgan fingerprint density at radius 1 is 1.26 bits per heavy atom. The fourth-order valence-corrected chi connectivity index (χ4v) is 2.72. The molecule has 0 amide bonds. The van der Waals surface area contributed by atoms with Gasteiger partial charge in [-0.25, -0.2) is 4.68 Å². The molecule has 2 N–H and O–H groups in total. The van der Waals surface area contributed by atoms with E-state index in [0.717, 1.165) is 22.0 Å². The highest BCUT2D eigenvalue weighted by atomic mass is 35.5. The molecular formula is C12H10ClN5S. The van der Waals surface area contributed by atoms with Crippen molar-refractivity contribution in [3.05, 3.63) is 41.2 Å². The molecule has 7 heteroatoms. The number of anilines is 1. The summed E-state index contributed by atoms with van der Waals surface area (Å²) in [4.78, 5) is 0. The maximum atomic E-state index is 6.18. The van der Waals surface area contributed by atoms with E-state index in [1.165, 1.54) is 11.3 Å². The number of nitrogen functional groups attached to an aromatic ring is 1. The van der Waals surface area contributed by atoms with Gasteiger partial charge in [0.15, 0.2) is 5.01 Å². The van der Waals surface area contributed by atoms with Crippen molar-refractivity contribution in [3.63, 3.8) is 0 Å². The molecule has 0 saturated heterocycles. The average molecular weight is 292 g/mol. The van der Waals surface area contributed by atoms with Crippen LogP contribution < -0.4 is 5.73 Å². The van der Waals surface area contributed by atoms with E-state index in [9.17, 15) is 0 Å². The van der Waals surface area contributed by atoms with E-state index in [1.54, 1.807) is 10.9 Å². The van der Waals surface area contributed by atoms with Gasteiger partial charge in [0.05, 0.1) is 28.2 Å². The zero-order valence-electron chi connectivity index (χ0n) is 10.0. The first kappa shape index (κ1) is 12.1. The predicted octanol–water partition coefficient (Wildman–Crippen LogP) is 2.93. The van der Waals surface area contributed by atoms with Crippen molar-refractivity contribution in [3.8, 4) is 16.3 Å². The lowest BCUT2D eigenvalue weighted by Gasteiger charge is -2.06. The van der Waals surface area contributed by atoms with E-state index in [0.29, 0.717) is 10.2 Å². The molecule has 0 atom stereocenters. The number of nitrogens with two attached hydrogens (primary N) is 1. The van der Waals surface area contributed by atoms with Crippen LogP contribution in [0.2, 0.25) is 5.02 Å². The maximum absolute atomic E-state index is 6.18. The number of halogens is 1. The Kier molecular flexibility index (Phi) is 2.96. The zero-order valence-corrected chi connectivity index (χ0v) is 11.6. The molecule has 5 nitrogen and oxygen atoms in total. The third kappa shape index (κ3) is 2.09. The molecule has 1 aromatic carbocycles. The standard InChI is InChI=1S/C12H10ClN5S/c1-7-8(11-16-17-12(14)19-11)6-15-18(7)10-5-3-2-4-9(10)13/h2-6H,1H3,(H2,14,17). The lowest BCUT2D eigenvalue weighted by molar-refractivity contribution is 0.847. The highest BCUT2D eigenvalue weighted by Gasteiger charge is 2.14. The Morgan fingerprint density at radius 2 is 2.05 bits per heavy atom. The van der Waals surface area contributed by atoms with Gasteiger partial charge >= 0.3 is 0 Å². The minimum absolute atomic E-state index is 0.444. The van der Waals surface area contributed by atoms with Crippen molar-refractivity contribution in [1.29, 1.82) is 0 Å². The van der Waals surface area contributed by atoms with Crippen molar-refractivity contribution in [2.24, 2.45) is 0 Å². The zero-order chi connectivity index (χ0) is 13.4. The van der Waals surface area contributed by atoms with Crippen LogP contribution in [0.1, 0.15) is 5.69 Å². The molecule has 3 aromatic rings. The number of hydrogen-bond acceptors (Lipinski definition) is 5. The van der Waals surface area contributed by atoms with Gasteiger partial charge in [0, 0.05) is 0 Å². The van der Waals surface area contributed by atoms with Gasteiger partial charge in [-0.1, -0.05) is 35.1 Å². The molecular weight excluding hydrogens is 282 g/mol. The fraction of sp³-hybridized carbons (Fsp3) is 0.0833. The second-order valence-corrected chi connectivity index (χ2v) is 5.37. The SMILES string of the molecule is Cc1c(-c2nnc(N)s2)cnn1-c1ccccc1Cl. The van der Waals surface area contributed by atoms with Gasteiger partial charge in [-0.05, 0) is 19.1 Å². The van der Waals surface area contributed by atoms with E-state index in [1.807, 2.05) is 31.2 Å². The molecule has 0 unspecified atom stereocenters. The normalized spacial score (nSPS) is 10.8. The summed E-state index contributed by atoms with van der Waals surface area (Å²) in [6.45, 7) is 1.96. The first-order valence-corrected chi connectivity index (χ1v) is 6.75. The van der Waals surface area contributed by atoms with E-state index in [-0.39, 0.29) is 0 Å². The Labute approximate surface area is 118 Å². The van der Waals surface area contributed by atoms with Crippen LogP contribution in [-0.4, -0.2) is 20.0 Å². The predicted molar refractivity (Wildman–Crippen MR) is 76.6 cm³/mol. The monoisotopic (exact) mass is 291 g/mol. The van der Waals surface area contributed by atoms with Crippen molar-refractivity contribution in [2.75, 3.05) is 5.73 Å². The minimum atomic E-state index is 0.444. The summed E-state index contributed by atoms with van der Waals surface area (Å²) in [5.74, 6) is 0. The van der Waals surface area contributed by atoms with Crippen LogP contribution in [0.4, 0.5) is 5.13 Å². The van der Waals surface area contributed by atoms with Gasteiger partial charge in [-0.15, -0.1) is 10.2 Å². The molecule has 0 aliphatic heterocycles. The molecule has 0 aliphatic rings. The topological polar surface area (TPSA) is 69.6 Å². The molecule has 2 aromatic heterocycles. The largest absolute Gasteiger partial charge is 0.374 e. The van der Waals surface area contributed by atoms with Crippen LogP contribution >= 0.6 is 22.9 Å². The molecule has 19 heavy (non-hydrogen) atoms. The minimum Gasteiger partial charge on any atom is -0.374 e. The van der Waals surface area contributed by atoms with Crippen molar-refractivity contribution in [1.82, 2.24) is 20.0 Å². The van der Waals surface area contributed by atoms with E-state index in [2.05, 4.69) is 15.3 Å². The van der Waals surface area contributed by atoms with Gasteiger partial charge < -0.3 is 5.73 Å². The summed E-state index contributed by atoms with van der Waals surface area (Å²) in [5.41, 5.74) is 8.30.